The van der Waals surface area contributed by atoms with Crippen molar-refractivity contribution < 1.29 is 9.53 Å². The molecular formula is C11H21NO2. The number of alkyl carbamates (subject to hydrolysis) is 1. The van der Waals surface area contributed by atoms with Crippen molar-refractivity contribution in [2.75, 3.05) is 0 Å². The van der Waals surface area contributed by atoms with E-state index in [1.165, 1.54) is 0 Å². The summed E-state index contributed by atoms with van der Waals surface area (Å²) in [6.45, 7) is 13.1. The van der Waals surface area contributed by atoms with Crippen LogP contribution in [0.5, 0.6) is 0 Å². The first-order valence-electron chi connectivity index (χ1n) is 4.87. The number of amides is 1. The summed E-state index contributed by atoms with van der Waals surface area (Å²) >= 11 is 0. The molecule has 3 nitrogen and oxygen atoms in total. The van der Waals surface area contributed by atoms with Crippen molar-refractivity contribution in [1.82, 2.24) is 5.32 Å². The fraction of sp³-hybridized carbons (Fsp3) is 0.727. The van der Waals surface area contributed by atoms with E-state index in [4.69, 9.17) is 4.74 Å². The normalized spacial score (nSPS) is 15.5. The summed E-state index contributed by atoms with van der Waals surface area (Å²) < 4.78 is 5.14. The van der Waals surface area contributed by atoms with Gasteiger partial charge >= 0.3 is 6.09 Å². The SMILES string of the molecule is C=C[C@@](C)(CC)NC(=O)OC(C)(C)C. The Morgan fingerprint density at radius 2 is 1.93 bits per heavy atom. The molecule has 0 aromatic carbocycles. The van der Waals surface area contributed by atoms with Crippen molar-refractivity contribution in [2.24, 2.45) is 0 Å². The average Bonchev–Trinajstić information content (AvgIpc) is 2.00. The van der Waals surface area contributed by atoms with Gasteiger partial charge in [-0.3, -0.25) is 0 Å². The zero-order valence-electron chi connectivity index (χ0n) is 9.81. The Balaban J connectivity index is 4.25. The molecule has 0 unspecified atom stereocenters. The highest BCUT2D eigenvalue weighted by atomic mass is 16.6. The molecule has 1 N–H and O–H groups in total. The number of hydrogen-bond donors (Lipinski definition) is 1. The predicted octanol–water partition coefficient (Wildman–Crippen LogP) is 2.87. The van der Waals surface area contributed by atoms with E-state index in [0.717, 1.165) is 6.42 Å². The first-order chi connectivity index (χ1) is 6.22. The van der Waals surface area contributed by atoms with Crippen LogP contribution in [0.3, 0.4) is 0 Å². The molecule has 0 fully saturated rings. The van der Waals surface area contributed by atoms with Gasteiger partial charge < -0.3 is 10.1 Å². The van der Waals surface area contributed by atoms with E-state index in [1.807, 2.05) is 34.6 Å². The van der Waals surface area contributed by atoms with Gasteiger partial charge in [-0.15, -0.1) is 6.58 Å². The van der Waals surface area contributed by atoms with E-state index in [0.29, 0.717) is 0 Å². The molecule has 82 valence electrons. The number of nitrogens with one attached hydrogen (secondary N) is 1. The maximum absolute atomic E-state index is 11.4. The van der Waals surface area contributed by atoms with Crippen LogP contribution in [0.1, 0.15) is 41.0 Å². The van der Waals surface area contributed by atoms with Crippen LogP contribution in [0.4, 0.5) is 4.79 Å². The van der Waals surface area contributed by atoms with Crippen LogP contribution >= 0.6 is 0 Å². The number of rotatable bonds is 3. The Morgan fingerprint density at radius 3 is 2.21 bits per heavy atom. The van der Waals surface area contributed by atoms with Crippen LogP contribution in [0.2, 0.25) is 0 Å². The molecule has 0 radical (unpaired) electrons. The van der Waals surface area contributed by atoms with Gasteiger partial charge in [0, 0.05) is 0 Å². The molecule has 0 spiro atoms. The highest BCUT2D eigenvalue weighted by molar-refractivity contribution is 5.69. The van der Waals surface area contributed by atoms with Gasteiger partial charge in [-0.05, 0) is 34.1 Å². The highest BCUT2D eigenvalue weighted by Crippen LogP contribution is 2.12. The number of hydrogen-bond acceptors (Lipinski definition) is 2. The Hall–Kier alpha value is -0.990. The molecule has 0 aliphatic heterocycles. The zero-order valence-corrected chi connectivity index (χ0v) is 9.81. The lowest BCUT2D eigenvalue weighted by atomic mass is 10.00. The monoisotopic (exact) mass is 199 g/mol. The predicted molar refractivity (Wildman–Crippen MR) is 58.3 cm³/mol. The van der Waals surface area contributed by atoms with Gasteiger partial charge in [0.2, 0.25) is 0 Å². The maximum Gasteiger partial charge on any atom is 0.408 e. The summed E-state index contributed by atoms with van der Waals surface area (Å²) in [5, 5.41) is 2.77. The summed E-state index contributed by atoms with van der Waals surface area (Å²) in [5.41, 5.74) is -0.845. The van der Waals surface area contributed by atoms with Crippen LogP contribution in [-0.4, -0.2) is 17.2 Å². The second-order valence-corrected chi connectivity index (χ2v) is 4.60. The minimum atomic E-state index is -0.458. The van der Waals surface area contributed by atoms with Gasteiger partial charge in [0.1, 0.15) is 5.60 Å². The Labute approximate surface area is 86.5 Å². The molecule has 0 aromatic heterocycles. The second-order valence-electron chi connectivity index (χ2n) is 4.60. The van der Waals surface area contributed by atoms with Gasteiger partial charge in [-0.25, -0.2) is 4.79 Å². The molecule has 0 heterocycles. The molecule has 0 saturated carbocycles. The minimum absolute atomic E-state index is 0.387. The zero-order chi connectivity index (χ0) is 11.4. The highest BCUT2D eigenvalue weighted by Gasteiger charge is 2.24. The third kappa shape index (κ3) is 4.90. The van der Waals surface area contributed by atoms with E-state index in [9.17, 15) is 4.79 Å². The van der Waals surface area contributed by atoms with Crippen molar-refractivity contribution in [3.05, 3.63) is 12.7 Å². The molecule has 0 bridgehead atoms. The van der Waals surface area contributed by atoms with Crippen LogP contribution in [-0.2, 0) is 4.74 Å². The van der Waals surface area contributed by atoms with Crippen LogP contribution in [0, 0.1) is 0 Å². The Morgan fingerprint density at radius 1 is 1.43 bits per heavy atom. The van der Waals surface area contributed by atoms with Gasteiger partial charge in [-0.1, -0.05) is 13.0 Å². The van der Waals surface area contributed by atoms with Gasteiger partial charge in [0.15, 0.2) is 0 Å². The molecule has 1 atom stereocenters. The maximum atomic E-state index is 11.4. The van der Waals surface area contributed by atoms with Crippen LogP contribution in [0.15, 0.2) is 12.7 Å². The summed E-state index contributed by atoms with van der Waals surface area (Å²) in [6, 6.07) is 0. The third-order valence-corrected chi connectivity index (χ3v) is 1.97. The van der Waals surface area contributed by atoms with E-state index in [-0.39, 0.29) is 5.54 Å². The fourth-order valence-electron chi connectivity index (χ4n) is 0.821. The second kappa shape index (κ2) is 4.49. The summed E-state index contributed by atoms with van der Waals surface area (Å²) in [4.78, 5) is 11.4. The molecule has 3 heteroatoms. The van der Waals surface area contributed by atoms with Gasteiger partial charge in [0.05, 0.1) is 5.54 Å². The van der Waals surface area contributed by atoms with E-state index >= 15 is 0 Å². The third-order valence-electron chi connectivity index (χ3n) is 1.97. The molecule has 0 saturated heterocycles. The fourth-order valence-corrected chi connectivity index (χ4v) is 0.821. The van der Waals surface area contributed by atoms with Crippen LogP contribution in [0.25, 0.3) is 0 Å². The lowest BCUT2D eigenvalue weighted by Crippen LogP contribution is -2.46. The summed E-state index contributed by atoms with van der Waals surface area (Å²) in [7, 11) is 0. The van der Waals surface area contributed by atoms with E-state index < -0.39 is 11.7 Å². The molecule has 0 aliphatic carbocycles. The quantitative estimate of drug-likeness (QED) is 0.710. The molecule has 14 heavy (non-hydrogen) atoms. The lowest BCUT2D eigenvalue weighted by molar-refractivity contribution is 0.0483. The van der Waals surface area contributed by atoms with Crippen molar-refractivity contribution in [1.29, 1.82) is 0 Å². The smallest absolute Gasteiger partial charge is 0.408 e. The van der Waals surface area contributed by atoms with Crippen molar-refractivity contribution in [3.8, 4) is 0 Å². The summed E-state index contributed by atoms with van der Waals surface area (Å²) in [5.74, 6) is 0. The molecular weight excluding hydrogens is 178 g/mol. The largest absolute Gasteiger partial charge is 0.444 e. The minimum Gasteiger partial charge on any atom is -0.444 e. The van der Waals surface area contributed by atoms with Gasteiger partial charge in [0.25, 0.3) is 0 Å². The average molecular weight is 199 g/mol. The standard InChI is InChI=1S/C11H21NO2/c1-7-11(6,8-2)12-9(13)14-10(3,4)5/h7H,1,8H2,2-6H3,(H,12,13)/t11-/m0/s1. The lowest BCUT2D eigenvalue weighted by Gasteiger charge is -2.28. The van der Waals surface area contributed by atoms with Crippen molar-refractivity contribution >= 4 is 6.09 Å². The first-order valence-corrected chi connectivity index (χ1v) is 4.87. The Bertz CT molecular complexity index is 218. The van der Waals surface area contributed by atoms with Crippen molar-refractivity contribution in [2.45, 2.75) is 52.2 Å². The Kier molecular flexibility index (Phi) is 4.17. The molecule has 0 aromatic rings. The van der Waals surface area contributed by atoms with Crippen molar-refractivity contribution in [3.63, 3.8) is 0 Å². The van der Waals surface area contributed by atoms with E-state index in [2.05, 4.69) is 11.9 Å². The number of carbonyl (C=O) groups is 1. The first kappa shape index (κ1) is 13.0. The topological polar surface area (TPSA) is 38.3 Å². The molecule has 1 amide bonds. The van der Waals surface area contributed by atoms with E-state index in [1.54, 1.807) is 6.08 Å². The number of ether oxygens (including phenoxy) is 1. The molecule has 0 aliphatic rings. The summed E-state index contributed by atoms with van der Waals surface area (Å²) in [6.07, 6.45) is 2.11. The van der Waals surface area contributed by atoms with Crippen LogP contribution < -0.4 is 5.32 Å². The number of carbonyl (C=O) groups excluding carboxylic acids is 1. The molecule has 0 rings (SSSR count). The van der Waals surface area contributed by atoms with Gasteiger partial charge in [-0.2, -0.15) is 0 Å².